The minimum Gasteiger partial charge on any atom is -0.313 e. The van der Waals surface area contributed by atoms with Crippen LogP contribution in [0, 0.1) is 12.7 Å². The minimum atomic E-state index is -0.297. The largest absolute Gasteiger partial charge is 0.313 e. The van der Waals surface area contributed by atoms with E-state index < -0.39 is 0 Å². The van der Waals surface area contributed by atoms with Crippen molar-refractivity contribution in [2.45, 2.75) is 26.9 Å². The smallest absolute Gasteiger partial charge is 0.129 e. The molecule has 19 heavy (non-hydrogen) atoms. The third-order valence-electron chi connectivity index (χ3n) is 3.00. The number of hydrogen-bond acceptors (Lipinski definition) is 2. The molecule has 102 valence electrons. The summed E-state index contributed by atoms with van der Waals surface area (Å²) in [7, 11) is 0. The molecule has 0 bridgehead atoms. The lowest BCUT2D eigenvalue weighted by Gasteiger charge is -2.05. The van der Waals surface area contributed by atoms with Crippen LogP contribution in [-0.4, -0.2) is 16.3 Å². The predicted octanol–water partition coefficient (Wildman–Crippen LogP) is 3.14. The van der Waals surface area contributed by atoms with Gasteiger partial charge in [0.2, 0.25) is 0 Å². The molecule has 0 saturated carbocycles. The molecule has 1 N–H and O–H groups in total. The van der Waals surface area contributed by atoms with Crippen LogP contribution in [0.5, 0.6) is 0 Å². The second-order valence-electron chi connectivity index (χ2n) is 4.42. The average molecular weight is 282 g/mol. The van der Waals surface area contributed by atoms with Crippen molar-refractivity contribution < 1.29 is 4.39 Å². The van der Waals surface area contributed by atoms with Gasteiger partial charge in [-0.15, -0.1) is 0 Å². The van der Waals surface area contributed by atoms with E-state index in [0.717, 1.165) is 24.3 Å². The number of benzene rings is 1. The number of halogens is 2. The fourth-order valence-electron chi connectivity index (χ4n) is 1.92. The van der Waals surface area contributed by atoms with Crippen LogP contribution in [0.15, 0.2) is 24.4 Å². The summed E-state index contributed by atoms with van der Waals surface area (Å²) < 4.78 is 15.4. The van der Waals surface area contributed by atoms with Gasteiger partial charge in [-0.2, -0.15) is 5.10 Å². The van der Waals surface area contributed by atoms with Crippen LogP contribution in [0.3, 0.4) is 0 Å². The van der Waals surface area contributed by atoms with Crippen molar-refractivity contribution in [1.82, 2.24) is 15.1 Å². The van der Waals surface area contributed by atoms with E-state index in [0.29, 0.717) is 17.1 Å². The first-order valence-corrected chi connectivity index (χ1v) is 6.66. The van der Waals surface area contributed by atoms with E-state index in [4.69, 9.17) is 11.6 Å². The van der Waals surface area contributed by atoms with Gasteiger partial charge in [-0.1, -0.05) is 24.6 Å². The molecule has 0 radical (unpaired) electrons. The SMILES string of the molecule is CCNCc1cn(Cc2c(F)cccc2Cl)nc1C. The fraction of sp³-hybridized carbons (Fsp3) is 0.357. The molecule has 0 spiro atoms. The highest BCUT2D eigenvalue weighted by Gasteiger charge is 2.10. The van der Waals surface area contributed by atoms with Crippen LogP contribution in [0.25, 0.3) is 0 Å². The van der Waals surface area contributed by atoms with E-state index in [9.17, 15) is 4.39 Å². The van der Waals surface area contributed by atoms with Gasteiger partial charge in [-0.25, -0.2) is 4.39 Å². The molecule has 2 aromatic rings. The van der Waals surface area contributed by atoms with E-state index in [1.807, 2.05) is 13.1 Å². The standard InChI is InChI=1S/C14H17ClFN3/c1-3-17-7-11-8-19(18-10(11)2)9-12-13(15)5-4-6-14(12)16/h4-6,8,17H,3,7,9H2,1-2H3. The Morgan fingerprint density at radius 2 is 2.21 bits per heavy atom. The van der Waals surface area contributed by atoms with Crippen LogP contribution in [-0.2, 0) is 13.1 Å². The molecule has 0 aliphatic heterocycles. The highest BCUT2D eigenvalue weighted by atomic mass is 35.5. The molecular formula is C14H17ClFN3. The van der Waals surface area contributed by atoms with Crippen molar-refractivity contribution in [2.24, 2.45) is 0 Å². The highest BCUT2D eigenvalue weighted by Crippen LogP contribution is 2.20. The molecule has 0 unspecified atom stereocenters. The summed E-state index contributed by atoms with van der Waals surface area (Å²) in [6, 6.07) is 4.71. The summed E-state index contributed by atoms with van der Waals surface area (Å²) in [6.07, 6.45) is 1.93. The van der Waals surface area contributed by atoms with Crippen molar-refractivity contribution in [1.29, 1.82) is 0 Å². The first-order chi connectivity index (χ1) is 9.11. The zero-order chi connectivity index (χ0) is 13.8. The second-order valence-corrected chi connectivity index (χ2v) is 4.83. The quantitative estimate of drug-likeness (QED) is 0.912. The highest BCUT2D eigenvalue weighted by molar-refractivity contribution is 6.31. The Labute approximate surface area is 117 Å². The third-order valence-corrected chi connectivity index (χ3v) is 3.35. The van der Waals surface area contributed by atoms with Gasteiger partial charge >= 0.3 is 0 Å². The van der Waals surface area contributed by atoms with Crippen molar-refractivity contribution in [3.8, 4) is 0 Å². The third kappa shape index (κ3) is 3.33. The van der Waals surface area contributed by atoms with Gasteiger partial charge in [-0.05, 0) is 25.6 Å². The zero-order valence-electron chi connectivity index (χ0n) is 11.1. The molecule has 0 fully saturated rings. The molecule has 0 atom stereocenters. The van der Waals surface area contributed by atoms with E-state index in [-0.39, 0.29) is 5.82 Å². The first kappa shape index (κ1) is 14.0. The summed E-state index contributed by atoms with van der Waals surface area (Å²) in [5.41, 5.74) is 2.55. The summed E-state index contributed by atoms with van der Waals surface area (Å²) in [5.74, 6) is -0.297. The molecule has 0 aliphatic rings. The Bertz CT molecular complexity index is 546. The zero-order valence-corrected chi connectivity index (χ0v) is 11.8. The van der Waals surface area contributed by atoms with Gasteiger partial charge in [0, 0.05) is 28.9 Å². The van der Waals surface area contributed by atoms with Gasteiger partial charge in [0.05, 0.1) is 12.2 Å². The first-order valence-electron chi connectivity index (χ1n) is 6.28. The maximum absolute atomic E-state index is 13.7. The van der Waals surface area contributed by atoms with Crippen LogP contribution in [0.4, 0.5) is 4.39 Å². The molecule has 1 aromatic heterocycles. The number of aryl methyl sites for hydroxylation is 1. The van der Waals surface area contributed by atoms with Crippen LogP contribution < -0.4 is 5.32 Å². The Morgan fingerprint density at radius 1 is 1.42 bits per heavy atom. The predicted molar refractivity (Wildman–Crippen MR) is 74.9 cm³/mol. The Hall–Kier alpha value is -1.39. The summed E-state index contributed by atoms with van der Waals surface area (Å²) in [5, 5.41) is 8.08. The number of hydrogen-bond donors (Lipinski definition) is 1. The van der Waals surface area contributed by atoms with Gasteiger partial charge < -0.3 is 5.32 Å². The van der Waals surface area contributed by atoms with Crippen LogP contribution >= 0.6 is 11.6 Å². The Kier molecular flexibility index (Phi) is 4.56. The molecule has 3 nitrogen and oxygen atoms in total. The van der Waals surface area contributed by atoms with Crippen LogP contribution in [0.2, 0.25) is 5.02 Å². The molecule has 5 heteroatoms. The van der Waals surface area contributed by atoms with Crippen LogP contribution in [0.1, 0.15) is 23.7 Å². The molecular weight excluding hydrogens is 265 g/mol. The normalized spacial score (nSPS) is 10.9. The van der Waals surface area contributed by atoms with Crippen molar-refractivity contribution >= 4 is 11.6 Å². The van der Waals surface area contributed by atoms with E-state index >= 15 is 0 Å². The average Bonchev–Trinajstić information content (AvgIpc) is 2.72. The minimum absolute atomic E-state index is 0.297. The number of rotatable bonds is 5. The molecule has 2 rings (SSSR count). The topological polar surface area (TPSA) is 29.9 Å². The number of nitrogens with zero attached hydrogens (tertiary/aromatic N) is 2. The van der Waals surface area contributed by atoms with E-state index in [1.54, 1.807) is 16.8 Å². The summed E-state index contributed by atoms with van der Waals surface area (Å²) >= 11 is 6.02. The van der Waals surface area contributed by atoms with Crippen molar-refractivity contribution in [2.75, 3.05) is 6.54 Å². The molecule has 0 saturated heterocycles. The van der Waals surface area contributed by atoms with Crippen molar-refractivity contribution in [3.63, 3.8) is 0 Å². The van der Waals surface area contributed by atoms with E-state index in [2.05, 4.69) is 17.3 Å². The molecule has 0 amide bonds. The number of nitrogens with one attached hydrogen (secondary N) is 1. The maximum Gasteiger partial charge on any atom is 0.129 e. The summed E-state index contributed by atoms with van der Waals surface area (Å²) in [4.78, 5) is 0. The molecule has 1 aromatic carbocycles. The lowest BCUT2D eigenvalue weighted by molar-refractivity contribution is 0.584. The van der Waals surface area contributed by atoms with Gasteiger partial charge in [-0.3, -0.25) is 4.68 Å². The summed E-state index contributed by atoms with van der Waals surface area (Å²) in [6.45, 7) is 6.03. The van der Waals surface area contributed by atoms with Gasteiger partial charge in [0.15, 0.2) is 0 Å². The van der Waals surface area contributed by atoms with Gasteiger partial charge in [0.1, 0.15) is 5.82 Å². The molecule has 0 aliphatic carbocycles. The maximum atomic E-state index is 13.7. The lowest BCUT2D eigenvalue weighted by atomic mass is 10.2. The van der Waals surface area contributed by atoms with E-state index in [1.165, 1.54) is 6.07 Å². The Morgan fingerprint density at radius 3 is 2.89 bits per heavy atom. The van der Waals surface area contributed by atoms with Crippen molar-refractivity contribution in [3.05, 3.63) is 52.1 Å². The van der Waals surface area contributed by atoms with Gasteiger partial charge in [0.25, 0.3) is 0 Å². The second kappa shape index (κ2) is 6.17. The molecule has 1 heterocycles. The lowest BCUT2D eigenvalue weighted by Crippen LogP contribution is -2.11. The fourth-order valence-corrected chi connectivity index (χ4v) is 2.14. The number of aromatic nitrogens is 2. The Balaban J connectivity index is 2.19. The monoisotopic (exact) mass is 281 g/mol.